The monoisotopic (exact) mass is 1120 g/mol. The largest absolute Gasteiger partial charge is 0.394 e. The molecule has 4 aliphatic rings. The molecule has 0 aromatic heterocycles. The molecule has 4 fully saturated rings. The molecule has 4 heterocycles. The summed E-state index contributed by atoms with van der Waals surface area (Å²) >= 11 is 10.7. The van der Waals surface area contributed by atoms with Crippen molar-refractivity contribution in [3.8, 4) is 0 Å². The molecule has 0 radical (unpaired) electrons. The summed E-state index contributed by atoms with van der Waals surface area (Å²) in [6.07, 6.45) is -19.3. The third-order valence-electron chi connectivity index (χ3n) is 12.4. The third kappa shape index (κ3) is 19.3. The standard InChI is InChI=1S/C42H78N2O22S5/c1-21-25(63-37(59)33(55)26(21)48)16-68-12-5-43-41(67)44-17-42(18-60-6-2-9-69-38-34(56)30(52)27(49)22(13-45)64-38,19-61-7-3-10-70-39-35(57)31(53)28(50)23(14-46)65-39)20-62-8-4-11-71-40-36(58)32(54)29(51)24(15-47)66-40/h21-40,45-59H,2-20H2,1H3,(H2,43,44,67)/t21-,22?,23?,24?,25?,26?,27-,28-,29-,30?,31?,32?,33+,34+,35+,36+,37+,38-,39-,40-,42?/m0/s1. The molecule has 24 nitrogen and oxygen atoms in total. The van der Waals surface area contributed by atoms with Crippen LogP contribution in [0.5, 0.6) is 0 Å². The van der Waals surface area contributed by atoms with Gasteiger partial charge in [0.15, 0.2) is 11.4 Å². The first-order valence-electron chi connectivity index (χ1n) is 23.7. The van der Waals surface area contributed by atoms with Gasteiger partial charge in [-0.2, -0.15) is 11.8 Å². The van der Waals surface area contributed by atoms with Gasteiger partial charge in [0.2, 0.25) is 0 Å². The van der Waals surface area contributed by atoms with E-state index < -0.39 is 145 Å². The van der Waals surface area contributed by atoms with Crippen LogP contribution in [-0.2, 0) is 33.2 Å². The summed E-state index contributed by atoms with van der Waals surface area (Å²) < 4.78 is 41.0. The van der Waals surface area contributed by atoms with E-state index in [2.05, 4.69) is 10.6 Å². The fourth-order valence-corrected chi connectivity index (χ4v) is 12.4. The van der Waals surface area contributed by atoms with Gasteiger partial charge in [-0.3, -0.25) is 0 Å². The predicted octanol–water partition coefficient (Wildman–Crippen LogP) is -5.94. The van der Waals surface area contributed by atoms with E-state index in [4.69, 9.17) is 45.4 Å². The van der Waals surface area contributed by atoms with E-state index in [1.807, 2.05) is 0 Å². The molecule has 17 N–H and O–H groups in total. The van der Waals surface area contributed by atoms with Crippen molar-refractivity contribution >= 4 is 64.4 Å². The van der Waals surface area contributed by atoms with Gasteiger partial charge in [0.25, 0.3) is 0 Å². The number of aliphatic hydroxyl groups excluding tert-OH is 15. The highest BCUT2D eigenvalue weighted by atomic mass is 32.2. The molecule has 29 heteroatoms. The van der Waals surface area contributed by atoms with Gasteiger partial charge in [0.05, 0.1) is 57.3 Å². The Bertz CT molecular complexity index is 1360. The molecule has 0 aliphatic carbocycles. The van der Waals surface area contributed by atoms with E-state index >= 15 is 0 Å². The summed E-state index contributed by atoms with van der Waals surface area (Å²) in [6, 6.07) is 0. The molecule has 4 rings (SSSR count). The van der Waals surface area contributed by atoms with Gasteiger partial charge in [-0.05, 0) is 48.7 Å². The quantitative estimate of drug-likeness (QED) is 0.0227. The number of hydrogen-bond acceptors (Lipinski definition) is 27. The second kappa shape index (κ2) is 32.8. The fourth-order valence-electron chi connectivity index (χ4n) is 7.88. The average Bonchev–Trinajstić information content (AvgIpc) is 3.36. The van der Waals surface area contributed by atoms with Gasteiger partial charge in [0, 0.05) is 50.3 Å². The van der Waals surface area contributed by atoms with Crippen LogP contribution in [0.3, 0.4) is 0 Å². The Labute approximate surface area is 435 Å². The number of nitrogens with one attached hydrogen (secondary N) is 2. The number of hydrogen-bond donors (Lipinski definition) is 17. The van der Waals surface area contributed by atoms with Crippen molar-refractivity contribution in [2.24, 2.45) is 11.3 Å². The summed E-state index contributed by atoms with van der Waals surface area (Å²) in [6.45, 7) is 1.70. The molecule has 0 aromatic rings. The minimum atomic E-state index is -1.50. The molecule has 20 atom stereocenters. The lowest BCUT2D eigenvalue weighted by atomic mass is 9.90. The Morgan fingerprint density at radius 1 is 0.493 bits per heavy atom. The van der Waals surface area contributed by atoms with Crippen molar-refractivity contribution in [2.75, 3.05) is 101 Å². The van der Waals surface area contributed by atoms with Crippen molar-refractivity contribution in [2.45, 2.75) is 140 Å². The van der Waals surface area contributed by atoms with Crippen molar-refractivity contribution in [3.05, 3.63) is 0 Å². The van der Waals surface area contributed by atoms with Crippen LogP contribution in [0.15, 0.2) is 0 Å². The Hall–Kier alpha value is 0.210. The van der Waals surface area contributed by atoms with E-state index in [0.717, 1.165) is 0 Å². The molecule has 0 spiro atoms. The zero-order valence-corrected chi connectivity index (χ0v) is 43.7. The SMILES string of the molecule is C[C@H]1C(CSCCNC(=S)NCC(COCCCS[C@@H]2OC(CO)[C@H](O)C(O)[C@H]2O)(COCCCS[C@@H]2OC(CO)[C@H](O)C(O)[C@H]2O)COCCCS[C@@H]2OC(CO)[C@H](O)C(O)[C@H]2O)O[C@@H](O)[C@H](O)C1O. The Balaban J connectivity index is 1.36. The number of thioether (sulfide) groups is 4. The number of rotatable bonds is 31. The van der Waals surface area contributed by atoms with Crippen LogP contribution in [0.4, 0.5) is 0 Å². The lowest BCUT2D eigenvalue weighted by Gasteiger charge is -2.39. The number of ether oxygens (including phenoxy) is 7. The van der Waals surface area contributed by atoms with Crippen LogP contribution in [-0.4, -0.2) is 297 Å². The summed E-state index contributed by atoms with van der Waals surface area (Å²) in [4.78, 5) is 0. The van der Waals surface area contributed by atoms with E-state index in [-0.39, 0.29) is 46.2 Å². The van der Waals surface area contributed by atoms with Crippen LogP contribution in [0.1, 0.15) is 26.2 Å². The smallest absolute Gasteiger partial charge is 0.183 e. The lowest BCUT2D eigenvalue weighted by Crippen LogP contribution is -2.57. The molecule has 0 bridgehead atoms. The summed E-state index contributed by atoms with van der Waals surface area (Å²) in [5, 5.41) is 158. The second-order valence-corrected chi connectivity index (χ2v) is 23.2. The maximum atomic E-state index is 10.5. The highest BCUT2D eigenvalue weighted by Gasteiger charge is 2.46. The zero-order chi connectivity index (χ0) is 52.3. The first-order chi connectivity index (χ1) is 33.9. The van der Waals surface area contributed by atoms with Gasteiger partial charge in [-0.25, -0.2) is 0 Å². The summed E-state index contributed by atoms with van der Waals surface area (Å²) in [5.41, 5.74) is -3.60. The van der Waals surface area contributed by atoms with Crippen LogP contribution in [0.25, 0.3) is 0 Å². The molecular formula is C42H78N2O22S5. The van der Waals surface area contributed by atoms with E-state index in [0.29, 0.717) is 59.7 Å². The average molecular weight is 1120 g/mol. The summed E-state index contributed by atoms with van der Waals surface area (Å²) in [7, 11) is 0. The zero-order valence-electron chi connectivity index (χ0n) is 39.6. The van der Waals surface area contributed by atoms with Crippen LogP contribution in [0.2, 0.25) is 0 Å². The molecule has 0 aromatic carbocycles. The van der Waals surface area contributed by atoms with Crippen LogP contribution >= 0.6 is 59.3 Å². The van der Waals surface area contributed by atoms with Gasteiger partial charge in [-0.15, -0.1) is 35.3 Å². The van der Waals surface area contributed by atoms with Gasteiger partial charge >= 0.3 is 0 Å². The Kier molecular flexibility index (Phi) is 29.5. The first kappa shape index (κ1) is 63.7. The highest BCUT2D eigenvalue weighted by Crippen LogP contribution is 2.32. The molecule has 418 valence electrons. The van der Waals surface area contributed by atoms with Crippen LogP contribution in [0, 0.1) is 11.3 Å². The van der Waals surface area contributed by atoms with Crippen molar-refractivity contribution in [1.29, 1.82) is 0 Å². The topological polar surface area (TPSA) is 392 Å². The molecule has 71 heavy (non-hydrogen) atoms. The number of aliphatic hydroxyl groups is 15. The second-order valence-electron chi connectivity index (χ2n) is 18.0. The fraction of sp³-hybridized carbons (Fsp3) is 0.976. The Morgan fingerprint density at radius 3 is 1.27 bits per heavy atom. The van der Waals surface area contributed by atoms with Gasteiger partial charge in [-0.1, -0.05) is 6.92 Å². The minimum absolute atomic E-state index is 0.0917. The van der Waals surface area contributed by atoms with Crippen LogP contribution < -0.4 is 10.6 Å². The van der Waals surface area contributed by atoms with E-state index in [1.165, 1.54) is 47.0 Å². The van der Waals surface area contributed by atoms with Crippen molar-refractivity contribution in [3.63, 3.8) is 0 Å². The maximum absolute atomic E-state index is 10.5. The predicted molar refractivity (Wildman–Crippen MR) is 265 cm³/mol. The van der Waals surface area contributed by atoms with Gasteiger partial charge < -0.3 is 120 Å². The molecule has 4 aliphatic heterocycles. The molecule has 8 unspecified atom stereocenters. The summed E-state index contributed by atoms with van der Waals surface area (Å²) in [5.74, 6) is 1.87. The molecule has 0 amide bonds. The molecule has 0 saturated carbocycles. The van der Waals surface area contributed by atoms with Crippen molar-refractivity contribution < 1.29 is 110 Å². The Morgan fingerprint density at radius 2 is 0.887 bits per heavy atom. The normalized spacial score (nSPS) is 38.7. The lowest BCUT2D eigenvalue weighted by molar-refractivity contribution is -0.260. The number of thiocarbonyl (C=S) groups is 1. The third-order valence-corrected chi connectivity index (χ3v) is 17.5. The van der Waals surface area contributed by atoms with Gasteiger partial charge in [0.1, 0.15) is 95.7 Å². The maximum Gasteiger partial charge on any atom is 0.183 e. The first-order valence-corrected chi connectivity index (χ1v) is 28.4. The highest BCUT2D eigenvalue weighted by molar-refractivity contribution is 8.00. The molecular weight excluding hydrogens is 1040 g/mol. The van der Waals surface area contributed by atoms with E-state index in [1.54, 1.807) is 6.92 Å². The van der Waals surface area contributed by atoms with Crippen molar-refractivity contribution in [1.82, 2.24) is 10.6 Å². The molecule has 4 saturated heterocycles. The minimum Gasteiger partial charge on any atom is -0.394 e. The van der Waals surface area contributed by atoms with E-state index in [9.17, 15) is 76.6 Å².